The van der Waals surface area contributed by atoms with Crippen LogP contribution in [0, 0.1) is 25.3 Å². The van der Waals surface area contributed by atoms with Gasteiger partial charge in [0.05, 0.1) is 0 Å². The van der Waals surface area contributed by atoms with Crippen molar-refractivity contribution in [2.24, 2.45) is 0 Å². The molecule has 0 aliphatic heterocycles. The van der Waals surface area contributed by atoms with Crippen LogP contribution in [-0.2, 0) is 0 Å². The molecule has 1 aromatic carbocycles. The molecule has 0 radical (unpaired) electrons. The molecular formula is C13H12BrN5. The zero-order valence-corrected chi connectivity index (χ0v) is 12.1. The molecular weight excluding hydrogens is 306 g/mol. The quantitative estimate of drug-likeness (QED) is 0.669. The number of aryl methyl sites for hydroxylation is 2. The lowest BCUT2D eigenvalue weighted by atomic mass is 10.2. The minimum Gasteiger partial charge on any atom is -0.340 e. The maximum absolute atomic E-state index is 8.61. The third-order valence-electron chi connectivity index (χ3n) is 2.45. The van der Waals surface area contributed by atoms with Crippen molar-refractivity contribution in [2.75, 3.05) is 10.6 Å². The molecule has 0 atom stereocenters. The van der Waals surface area contributed by atoms with E-state index >= 15 is 0 Å². The highest BCUT2D eigenvalue weighted by Crippen LogP contribution is 2.23. The van der Waals surface area contributed by atoms with Crippen molar-refractivity contribution in [1.82, 2.24) is 9.97 Å². The molecule has 0 amide bonds. The van der Waals surface area contributed by atoms with Crippen molar-refractivity contribution in [1.29, 1.82) is 5.26 Å². The summed E-state index contributed by atoms with van der Waals surface area (Å²) in [7, 11) is 0. The van der Waals surface area contributed by atoms with E-state index in [4.69, 9.17) is 5.26 Å². The van der Waals surface area contributed by atoms with Crippen molar-refractivity contribution in [3.05, 3.63) is 40.1 Å². The Morgan fingerprint density at radius 3 is 2.58 bits per heavy atom. The molecule has 0 unspecified atom stereocenters. The van der Waals surface area contributed by atoms with Gasteiger partial charge in [0, 0.05) is 16.2 Å². The topological polar surface area (TPSA) is 73.6 Å². The molecule has 0 aliphatic rings. The first-order valence-corrected chi connectivity index (χ1v) is 6.42. The van der Waals surface area contributed by atoms with Gasteiger partial charge >= 0.3 is 0 Å². The van der Waals surface area contributed by atoms with Gasteiger partial charge in [-0.3, -0.25) is 5.32 Å². The van der Waals surface area contributed by atoms with Gasteiger partial charge in [-0.25, -0.2) is 9.97 Å². The maximum Gasteiger partial charge on any atom is 0.182 e. The number of nitrogens with one attached hydrogen (secondary N) is 2. The number of benzene rings is 1. The van der Waals surface area contributed by atoms with Gasteiger partial charge in [0.15, 0.2) is 6.19 Å². The van der Waals surface area contributed by atoms with E-state index in [1.807, 2.05) is 31.3 Å². The molecule has 0 aliphatic carbocycles. The van der Waals surface area contributed by atoms with E-state index < -0.39 is 0 Å². The fourth-order valence-electron chi connectivity index (χ4n) is 1.62. The summed E-state index contributed by atoms with van der Waals surface area (Å²) in [6, 6.07) is 7.62. The smallest absolute Gasteiger partial charge is 0.182 e. The van der Waals surface area contributed by atoms with Crippen LogP contribution in [0.2, 0.25) is 0 Å². The number of nitriles is 1. The predicted molar refractivity (Wildman–Crippen MR) is 78.2 cm³/mol. The average Bonchev–Trinajstić information content (AvgIpc) is 2.33. The van der Waals surface area contributed by atoms with Gasteiger partial charge in [-0.2, -0.15) is 5.26 Å². The number of rotatable bonds is 3. The van der Waals surface area contributed by atoms with Crippen LogP contribution in [0.1, 0.15) is 11.4 Å². The van der Waals surface area contributed by atoms with E-state index in [1.165, 1.54) is 0 Å². The standard InChI is InChI=1S/C13H12BrN5/c1-8-5-10(3-4-11(8)14)19-13-6-12(16-7-15)17-9(2)18-13/h3-6H,1-2H3,(H2,16,17,18,19). The van der Waals surface area contributed by atoms with Gasteiger partial charge in [-0.15, -0.1) is 0 Å². The van der Waals surface area contributed by atoms with Gasteiger partial charge < -0.3 is 5.32 Å². The molecule has 0 bridgehead atoms. The number of nitrogens with zero attached hydrogens (tertiary/aromatic N) is 3. The normalized spacial score (nSPS) is 9.79. The van der Waals surface area contributed by atoms with Gasteiger partial charge in [-0.1, -0.05) is 15.9 Å². The highest BCUT2D eigenvalue weighted by Gasteiger charge is 2.03. The first-order valence-electron chi connectivity index (χ1n) is 5.62. The molecule has 5 nitrogen and oxygen atoms in total. The number of hydrogen-bond acceptors (Lipinski definition) is 5. The van der Waals surface area contributed by atoms with Crippen molar-refractivity contribution >= 4 is 33.3 Å². The van der Waals surface area contributed by atoms with E-state index in [2.05, 4.69) is 36.5 Å². The SMILES string of the molecule is Cc1nc(NC#N)cc(Nc2ccc(Br)c(C)c2)n1. The Kier molecular flexibility index (Phi) is 3.97. The second-order valence-electron chi connectivity index (χ2n) is 4.01. The Bertz CT molecular complexity index is 648. The number of aromatic nitrogens is 2. The van der Waals surface area contributed by atoms with Crippen molar-refractivity contribution < 1.29 is 0 Å². The minimum atomic E-state index is 0.478. The second-order valence-corrected chi connectivity index (χ2v) is 4.87. The summed E-state index contributed by atoms with van der Waals surface area (Å²) in [5, 5.41) is 14.3. The van der Waals surface area contributed by atoms with E-state index in [0.29, 0.717) is 17.5 Å². The predicted octanol–water partition coefficient (Wildman–Crippen LogP) is 3.49. The van der Waals surface area contributed by atoms with Crippen LogP contribution in [0.4, 0.5) is 17.3 Å². The Balaban J connectivity index is 2.27. The summed E-state index contributed by atoms with van der Waals surface area (Å²) < 4.78 is 1.06. The van der Waals surface area contributed by atoms with Crippen LogP contribution in [0.15, 0.2) is 28.7 Å². The Morgan fingerprint density at radius 1 is 1.16 bits per heavy atom. The van der Waals surface area contributed by atoms with Gasteiger partial charge in [0.2, 0.25) is 0 Å². The third kappa shape index (κ3) is 3.42. The third-order valence-corrected chi connectivity index (χ3v) is 3.34. The van der Waals surface area contributed by atoms with E-state index in [0.717, 1.165) is 15.7 Å². The molecule has 1 aromatic heterocycles. The average molecular weight is 318 g/mol. The number of anilines is 3. The fourth-order valence-corrected chi connectivity index (χ4v) is 1.87. The zero-order valence-electron chi connectivity index (χ0n) is 10.5. The van der Waals surface area contributed by atoms with E-state index in [-0.39, 0.29) is 0 Å². The van der Waals surface area contributed by atoms with Gasteiger partial charge in [-0.05, 0) is 37.6 Å². The summed E-state index contributed by atoms with van der Waals surface area (Å²) in [5.41, 5.74) is 2.06. The molecule has 19 heavy (non-hydrogen) atoms. The summed E-state index contributed by atoms with van der Waals surface area (Å²) in [6.07, 6.45) is 1.84. The molecule has 0 saturated heterocycles. The van der Waals surface area contributed by atoms with E-state index in [1.54, 1.807) is 13.0 Å². The molecule has 0 saturated carbocycles. The summed E-state index contributed by atoms with van der Waals surface area (Å²) in [5.74, 6) is 1.72. The first-order chi connectivity index (χ1) is 9.08. The fraction of sp³-hybridized carbons (Fsp3) is 0.154. The van der Waals surface area contributed by atoms with Crippen LogP contribution in [0.25, 0.3) is 0 Å². The highest BCUT2D eigenvalue weighted by atomic mass is 79.9. The summed E-state index contributed by atoms with van der Waals surface area (Å²) >= 11 is 3.46. The Labute approximate surface area is 119 Å². The van der Waals surface area contributed by atoms with Gasteiger partial charge in [0.1, 0.15) is 17.5 Å². The number of halogens is 1. The van der Waals surface area contributed by atoms with Crippen LogP contribution < -0.4 is 10.6 Å². The largest absolute Gasteiger partial charge is 0.340 e. The molecule has 0 spiro atoms. The molecule has 2 rings (SSSR count). The van der Waals surface area contributed by atoms with Crippen LogP contribution >= 0.6 is 15.9 Å². The lowest BCUT2D eigenvalue weighted by Crippen LogP contribution is -2.01. The molecule has 6 heteroatoms. The summed E-state index contributed by atoms with van der Waals surface area (Å²) in [4.78, 5) is 8.38. The van der Waals surface area contributed by atoms with Crippen molar-refractivity contribution in [3.8, 4) is 6.19 Å². The highest BCUT2D eigenvalue weighted by molar-refractivity contribution is 9.10. The lowest BCUT2D eigenvalue weighted by Gasteiger charge is -2.09. The van der Waals surface area contributed by atoms with Gasteiger partial charge in [0.25, 0.3) is 0 Å². The monoisotopic (exact) mass is 317 g/mol. The molecule has 96 valence electrons. The first kappa shape index (κ1) is 13.3. The van der Waals surface area contributed by atoms with Crippen molar-refractivity contribution in [2.45, 2.75) is 13.8 Å². The molecule has 1 heterocycles. The van der Waals surface area contributed by atoms with Crippen molar-refractivity contribution in [3.63, 3.8) is 0 Å². The summed E-state index contributed by atoms with van der Waals surface area (Å²) in [6.45, 7) is 3.80. The zero-order chi connectivity index (χ0) is 13.8. The Morgan fingerprint density at radius 2 is 1.89 bits per heavy atom. The minimum absolute atomic E-state index is 0.478. The van der Waals surface area contributed by atoms with Crippen LogP contribution in [0.5, 0.6) is 0 Å². The van der Waals surface area contributed by atoms with E-state index in [9.17, 15) is 0 Å². The molecule has 2 N–H and O–H groups in total. The maximum atomic E-state index is 8.61. The molecule has 0 fully saturated rings. The Hall–Kier alpha value is -2.13. The second kappa shape index (κ2) is 5.67. The van der Waals surface area contributed by atoms with Crippen LogP contribution in [0.3, 0.4) is 0 Å². The number of hydrogen-bond donors (Lipinski definition) is 2. The lowest BCUT2D eigenvalue weighted by molar-refractivity contribution is 1.06. The molecule has 2 aromatic rings. The van der Waals surface area contributed by atoms with Crippen LogP contribution in [-0.4, -0.2) is 9.97 Å².